The minimum absolute atomic E-state index is 0.0258. The van der Waals surface area contributed by atoms with Gasteiger partial charge in [0.2, 0.25) is 5.91 Å². The largest absolute Gasteiger partial charge is 0.388 e. The summed E-state index contributed by atoms with van der Waals surface area (Å²) in [5.41, 5.74) is 0.496. The number of nitrogens with one attached hydrogen (secondary N) is 1. The van der Waals surface area contributed by atoms with Crippen LogP contribution in [0.2, 0.25) is 0 Å². The zero-order valence-corrected chi connectivity index (χ0v) is 10.4. The van der Waals surface area contributed by atoms with E-state index in [1.807, 2.05) is 12.5 Å². The van der Waals surface area contributed by atoms with E-state index in [1.165, 1.54) is 0 Å². The fourth-order valence-corrected chi connectivity index (χ4v) is 2.75. The molecule has 0 radical (unpaired) electrons. The second-order valence-corrected chi connectivity index (χ2v) is 5.56. The second-order valence-electron chi connectivity index (χ2n) is 5.56. The Kier molecular flexibility index (Phi) is 2.86. The molecule has 1 aromatic rings. The molecule has 0 unspecified atom stereocenters. The summed E-state index contributed by atoms with van der Waals surface area (Å²) >= 11 is 0. The average molecular weight is 249 g/mol. The molecule has 1 fully saturated rings. The van der Waals surface area contributed by atoms with Gasteiger partial charge in [0, 0.05) is 37.3 Å². The predicted molar refractivity (Wildman–Crippen MR) is 65.8 cm³/mol. The van der Waals surface area contributed by atoms with Gasteiger partial charge in [0.15, 0.2) is 0 Å². The van der Waals surface area contributed by atoms with Crippen molar-refractivity contribution in [2.45, 2.75) is 44.2 Å². The molecule has 3 rings (SSSR count). The molecule has 0 aromatic carbocycles. The first-order valence-electron chi connectivity index (χ1n) is 6.65. The number of rotatable bonds is 3. The van der Waals surface area contributed by atoms with Crippen molar-refractivity contribution in [1.82, 2.24) is 14.9 Å². The fraction of sp³-hybridized carbons (Fsp3) is 0.692. The average Bonchev–Trinajstić information content (AvgIpc) is 2.80. The summed E-state index contributed by atoms with van der Waals surface area (Å²) in [5, 5.41) is 12.9. The lowest BCUT2D eigenvalue weighted by atomic mass is 9.80. The molecule has 1 amide bonds. The molecule has 1 aliphatic carbocycles. The third-order valence-electron chi connectivity index (χ3n) is 4.22. The van der Waals surface area contributed by atoms with Crippen LogP contribution in [0.1, 0.15) is 31.4 Å². The number of fused-ring (bicyclic) bond motifs is 1. The number of imidazole rings is 1. The number of aliphatic hydroxyl groups is 1. The minimum atomic E-state index is -0.633. The van der Waals surface area contributed by atoms with Crippen LogP contribution in [0.3, 0.4) is 0 Å². The fourth-order valence-electron chi connectivity index (χ4n) is 2.75. The van der Waals surface area contributed by atoms with Crippen LogP contribution in [0.25, 0.3) is 0 Å². The highest BCUT2D eigenvalue weighted by Crippen LogP contribution is 2.30. The zero-order valence-electron chi connectivity index (χ0n) is 10.4. The summed E-state index contributed by atoms with van der Waals surface area (Å²) in [4.78, 5) is 16.2. The maximum absolute atomic E-state index is 12.1. The number of amides is 1. The zero-order chi connectivity index (χ0) is 12.6. The molecule has 2 heterocycles. The molecule has 0 bridgehead atoms. The van der Waals surface area contributed by atoms with Gasteiger partial charge in [-0.3, -0.25) is 4.79 Å². The molecule has 1 saturated carbocycles. The third-order valence-corrected chi connectivity index (χ3v) is 4.22. The number of aromatic nitrogens is 2. The Morgan fingerprint density at radius 2 is 2.44 bits per heavy atom. The van der Waals surface area contributed by atoms with Crippen molar-refractivity contribution in [2.24, 2.45) is 5.92 Å². The van der Waals surface area contributed by atoms with Crippen molar-refractivity contribution in [3.05, 3.63) is 18.2 Å². The molecule has 0 spiro atoms. The van der Waals surface area contributed by atoms with Crippen LogP contribution in [0.4, 0.5) is 0 Å². The summed E-state index contributed by atoms with van der Waals surface area (Å²) in [5.74, 6) is 0.0978. The molecule has 98 valence electrons. The SMILES string of the molecule is O=C(NCC1(O)CCC1)[C@H]1CCn2cncc2C1. The Balaban J connectivity index is 1.54. The minimum Gasteiger partial charge on any atom is -0.388 e. The number of carbonyl (C=O) groups is 1. The Morgan fingerprint density at radius 3 is 3.17 bits per heavy atom. The van der Waals surface area contributed by atoms with Gasteiger partial charge in [0.05, 0.1) is 11.9 Å². The van der Waals surface area contributed by atoms with E-state index in [4.69, 9.17) is 0 Å². The lowest BCUT2D eigenvalue weighted by molar-refractivity contribution is -0.128. The lowest BCUT2D eigenvalue weighted by Crippen LogP contribution is -2.49. The van der Waals surface area contributed by atoms with Crippen molar-refractivity contribution in [2.75, 3.05) is 6.54 Å². The molecular weight excluding hydrogens is 230 g/mol. The monoisotopic (exact) mass is 249 g/mol. The number of nitrogens with zero attached hydrogens (tertiary/aromatic N) is 2. The van der Waals surface area contributed by atoms with E-state index in [9.17, 15) is 9.90 Å². The lowest BCUT2D eigenvalue weighted by Gasteiger charge is -2.37. The van der Waals surface area contributed by atoms with Gasteiger partial charge in [-0.05, 0) is 25.7 Å². The first-order valence-corrected chi connectivity index (χ1v) is 6.65. The molecule has 0 saturated heterocycles. The summed E-state index contributed by atoms with van der Waals surface area (Å²) in [7, 11) is 0. The van der Waals surface area contributed by atoms with Crippen molar-refractivity contribution in [1.29, 1.82) is 0 Å². The highest BCUT2D eigenvalue weighted by Gasteiger charge is 2.35. The van der Waals surface area contributed by atoms with Crippen molar-refractivity contribution in [3.8, 4) is 0 Å². The molecule has 5 nitrogen and oxygen atoms in total. The number of hydrogen-bond donors (Lipinski definition) is 2. The maximum atomic E-state index is 12.1. The van der Waals surface area contributed by atoms with Gasteiger partial charge in [0.25, 0.3) is 0 Å². The van der Waals surface area contributed by atoms with Crippen LogP contribution in [0.15, 0.2) is 12.5 Å². The van der Waals surface area contributed by atoms with Gasteiger partial charge in [-0.15, -0.1) is 0 Å². The first-order chi connectivity index (χ1) is 8.66. The molecule has 2 aliphatic rings. The highest BCUT2D eigenvalue weighted by atomic mass is 16.3. The van der Waals surface area contributed by atoms with Crippen molar-refractivity contribution in [3.63, 3.8) is 0 Å². The van der Waals surface area contributed by atoms with Crippen LogP contribution in [0, 0.1) is 5.92 Å². The highest BCUT2D eigenvalue weighted by molar-refractivity contribution is 5.79. The van der Waals surface area contributed by atoms with Gasteiger partial charge in [0.1, 0.15) is 0 Å². The van der Waals surface area contributed by atoms with E-state index in [-0.39, 0.29) is 11.8 Å². The van der Waals surface area contributed by atoms with E-state index in [0.29, 0.717) is 6.54 Å². The van der Waals surface area contributed by atoms with Crippen molar-refractivity contribution >= 4 is 5.91 Å². The Bertz CT molecular complexity index is 451. The van der Waals surface area contributed by atoms with Gasteiger partial charge in [-0.25, -0.2) is 4.98 Å². The maximum Gasteiger partial charge on any atom is 0.223 e. The Morgan fingerprint density at radius 1 is 1.61 bits per heavy atom. The van der Waals surface area contributed by atoms with Crippen LogP contribution in [-0.4, -0.2) is 32.7 Å². The molecule has 2 N–H and O–H groups in total. The van der Waals surface area contributed by atoms with E-state index in [1.54, 1.807) is 0 Å². The van der Waals surface area contributed by atoms with E-state index >= 15 is 0 Å². The number of hydrogen-bond acceptors (Lipinski definition) is 3. The standard InChI is InChI=1S/C13H19N3O2/c17-12(15-8-13(18)3-1-4-13)10-2-5-16-9-14-7-11(16)6-10/h7,9-10,18H,1-6,8H2,(H,15,17)/t10-/m0/s1. The third kappa shape index (κ3) is 2.14. The van der Waals surface area contributed by atoms with Gasteiger partial charge in [-0.1, -0.05) is 0 Å². The smallest absolute Gasteiger partial charge is 0.223 e. The van der Waals surface area contributed by atoms with Crippen LogP contribution in [-0.2, 0) is 17.8 Å². The Labute approximate surface area is 106 Å². The molecule has 1 aromatic heterocycles. The quantitative estimate of drug-likeness (QED) is 0.818. The van der Waals surface area contributed by atoms with E-state index in [2.05, 4.69) is 14.9 Å². The molecule has 1 atom stereocenters. The van der Waals surface area contributed by atoms with Gasteiger partial charge in [-0.2, -0.15) is 0 Å². The summed E-state index contributed by atoms with van der Waals surface area (Å²) in [6, 6.07) is 0. The number of aryl methyl sites for hydroxylation is 1. The van der Waals surface area contributed by atoms with E-state index in [0.717, 1.165) is 44.3 Å². The molecule has 1 aliphatic heterocycles. The second kappa shape index (κ2) is 4.39. The van der Waals surface area contributed by atoms with Crippen LogP contribution >= 0.6 is 0 Å². The van der Waals surface area contributed by atoms with Crippen molar-refractivity contribution < 1.29 is 9.90 Å². The normalized spacial score (nSPS) is 25.1. The molecule has 5 heteroatoms. The topological polar surface area (TPSA) is 67.2 Å². The number of carbonyl (C=O) groups excluding carboxylic acids is 1. The predicted octanol–water partition coefficient (Wildman–Crippen LogP) is 0.477. The van der Waals surface area contributed by atoms with Crippen LogP contribution < -0.4 is 5.32 Å². The summed E-state index contributed by atoms with van der Waals surface area (Å²) < 4.78 is 2.10. The summed E-state index contributed by atoms with van der Waals surface area (Å²) in [6.07, 6.45) is 7.95. The van der Waals surface area contributed by atoms with Crippen LogP contribution in [0.5, 0.6) is 0 Å². The summed E-state index contributed by atoms with van der Waals surface area (Å²) in [6.45, 7) is 1.26. The Hall–Kier alpha value is -1.36. The molecular formula is C13H19N3O2. The van der Waals surface area contributed by atoms with Gasteiger partial charge >= 0.3 is 0 Å². The molecule has 18 heavy (non-hydrogen) atoms. The first kappa shape index (κ1) is 11.7. The van der Waals surface area contributed by atoms with E-state index < -0.39 is 5.60 Å². The van der Waals surface area contributed by atoms with Gasteiger partial charge < -0.3 is 15.0 Å².